The van der Waals surface area contributed by atoms with Crippen LogP contribution < -0.4 is 10.6 Å². The fraction of sp³-hybridized carbons (Fsp3) is 0.0500. The second-order valence-corrected chi connectivity index (χ2v) is 6.07. The minimum atomic E-state index is -0.276. The standard InChI is InChI=1S/C20H17N7O/c1-3-19(28)24-14-6-7-15-16(9-14)27(12-23-15)18-11-21-10-17(25-18)26-20-13(2)5-4-8-22-20/h3-12H,1H2,2H3,(H,24,28)(H,22,25,26). The van der Waals surface area contributed by atoms with E-state index >= 15 is 0 Å². The van der Waals surface area contributed by atoms with Crippen LogP contribution in [0.2, 0.25) is 0 Å². The molecular formula is C20H17N7O. The Labute approximate surface area is 161 Å². The molecule has 0 aliphatic carbocycles. The summed E-state index contributed by atoms with van der Waals surface area (Å²) in [5.41, 5.74) is 3.22. The predicted octanol–water partition coefficient (Wildman–Crippen LogP) is 3.39. The molecule has 0 spiro atoms. The van der Waals surface area contributed by atoms with Gasteiger partial charge in [-0.25, -0.2) is 15.0 Å². The van der Waals surface area contributed by atoms with Crippen molar-refractivity contribution in [1.82, 2.24) is 24.5 Å². The van der Waals surface area contributed by atoms with Gasteiger partial charge in [0.2, 0.25) is 5.91 Å². The van der Waals surface area contributed by atoms with Crippen LogP contribution in [0, 0.1) is 6.92 Å². The summed E-state index contributed by atoms with van der Waals surface area (Å²) >= 11 is 0. The van der Waals surface area contributed by atoms with E-state index in [1.807, 2.05) is 35.8 Å². The summed E-state index contributed by atoms with van der Waals surface area (Å²) < 4.78 is 1.81. The van der Waals surface area contributed by atoms with Gasteiger partial charge in [0.25, 0.3) is 0 Å². The largest absolute Gasteiger partial charge is 0.323 e. The van der Waals surface area contributed by atoms with Crippen molar-refractivity contribution in [3.05, 3.63) is 73.5 Å². The number of amides is 1. The van der Waals surface area contributed by atoms with E-state index in [1.165, 1.54) is 6.08 Å². The molecule has 4 aromatic rings. The van der Waals surface area contributed by atoms with Gasteiger partial charge >= 0.3 is 0 Å². The molecule has 0 bridgehead atoms. The lowest BCUT2D eigenvalue weighted by Crippen LogP contribution is -2.07. The number of fused-ring (bicyclic) bond motifs is 1. The van der Waals surface area contributed by atoms with Crippen LogP contribution in [0.3, 0.4) is 0 Å². The monoisotopic (exact) mass is 371 g/mol. The highest BCUT2D eigenvalue weighted by Crippen LogP contribution is 2.22. The number of anilines is 3. The highest BCUT2D eigenvalue weighted by atomic mass is 16.1. The second kappa shape index (κ2) is 7.28. The Bertz CT molecular complexity index is 1180. The number of aryl methyl sites for hydroxylation is 1. The summed E-state index contributed by atoms with van der Waals surface area (Å²) in [5, 5.41) is 5.93. The van der Waals surface area contributed by atoms with Crippen LogP contribution in [0.15, 0.2) is 67.9 Å². The molecular weight excluding hydrogens is 354 g/mol. The molecule has 28 heavy (non-hydrogen) atoms. The SMILES string of the molecule is C=CC(=O)Nc1ccc2ncn(-c3cncc(Nc4ncccc4C)n3)c2c1. The summed E-state index contributed by atoms with van der Waals surface area (Å²) in [7, 11) is 0. The van der Waals surface area contributed by atoms with Crippen LogP contribution in [0.5, 0.6) is 0 Å². The number of nitrogens with zero attached hydrogens (tertiary/aromatic N) is 5. The molecule has 3 aromatic heterocycles. The van der Waals surface area contributed by atoms with Crippen molar-refractivity contribution < 1.29 is 4.79 Å². The molecule has 2 N–H and O–H groups in total. The number of hydrogen-bond acceptors (Lipinski definition) is 6. The van der Waals surface area contributed by atoms with Crippen LogP contribution in [-0.2, 0) is 4.79 Å². The van der Waals surface area contributed by atoms with Gasteiger partial charge in [-0.05, 0) is 42.8 Å². The average Bonchev–Trinajstić information content (AvgIpc) is 3.13. The van der Waals surface area contributed by atoms with Crippen molar-refractivity contribution in [2.24, 2.45) is 0 Å². The van der Waals surface area contributed by atoms with E-state index in [0.717, 1.165) is 22.4 Å². The minimum absolute atomic E-state index is 0.276. The number of carbonyl (C=O) groups excluding carboxylic acids is 1. The van der Waals surface area contributed by atoms with E-state index in [0.29, 0.717) is 17.3 Å². The molecule has 4 rings (SSSR count). The predicted molar refractivity (Wildman–Crippen MR) is 108 cm³/mol. The number of rotatable bonds is 5. The first-order valence-electron chi connectivity index (χ1n) is 8.55. The van der Waals surface area contributed by atoms with E-state index in [-0.39, 0.29) is 5.91 Å². The van der Waals surface area contributed by atoms with Gasteiger partial charge in [0.05, 0.1) is 23.4 Å². The maximum Gasteiger partial charge on any atom is 0.247 e. The molecule has 0 saturated carbocycles. The van der Waals surface area contributed by atoms with Gasteiger partial charge in [-0.15, -0.1) is 0 Å². The van der Waals surface area contributed by atoms with Crippen molar-refractivity contribution in [1.29, 1.82) is 0 Å². The van der Waals surface area contributed by atoms with Crippen molar-refractivity contribution in [2.45, 2.75) is 6.92 Å². The second-order valence-electron chi connectivity index (χ2n) is 6.07. The molecule has 138 valence electrons. The molecule has 8 heteroatoms. The lowest BCUT2D eigenvalue weighted by molar-refractivity contribution is -0.111. The van der Waals surface area contributed by atoms with Gasteiger partial charge in [-0.3, -0.25) is 14.3 Å². The quantitative estimate of drug-likeness (QED) is 0.522. The summed E-state index contributed by atoms with van der Waals surface area (Å²) in [4.78, 5) is 29.2. The number of carbonyl (C=O) groups is 1. The number of aromatic nitrogens is 5. The molecule has 8 nitrogen and oxygen atoms in total. The van der Waals surface area contributed by atoms with E-state index in [4.69, 9.17) is 0 Å². The summed E-state index contributed by atoms with van der Waals surface area (Å²) in [6.45, 7) is 5.43. The van der Waals surface area contributed by atoms with Gasteiger partial charge in [0.1, 0.15) is 12.1 Å². The molecule has 0 aliphatic rings. The topological polar surface area (TPSA) is 97.6 Å². The Balaban J connectivity index is 1.70. The number of hydrogen-bond donors (Lipinski definition) is 2. The lowest BCUT2D eigenvalue weighted by Gasteiger charge is -2.09. The summed E-state index contributed by atoms with van der Waals surface area (Å²) in [5.74, 6) is 1.60. The van der Waals surface area contributed by atoms with E-state index in [9.17, 15) is 4.79 Å². The first kappa shape index (κ1) is 17.3. The Morgan fingerprint density at radius 2 is 2.11 bits per heavy atom. The third kappa shape index (κ3) is 3.43. The van der Waals surface area contributed by atoms with Crippen molar-refractivity contribution in [3.63, 3.8) is 0 Å². The first-order chi connectivity index (χ1) is 13.6. The molecule has 1 amide bonds. The highest BCUT2D eigenvalue weighted by molar-refractivity contribution is 6.00. The lowest BCUT2D eigenvalue weighted by atomic mass is 10.2. The maximum absolute atomic E-state index is 11.6. The minimum Gasteiger partial charge on any atom is -0.323 e. The number of benzene rings is 1. The van der Waals surface area contributed by atoms with Crippen molar-refractivity contribution >= 4 is 34.3 Å². The van der Waals surface area contributed by atoms with Crippen LogP contribution in [0.4, 0.5) is 17.3 Å². The van der Waals surface area contributed by atoms with Gasteiger partial charge in [-0.1, -0.05) is 12.6 Å². The third-order valence-electron chi connectivity index (χ3n) is 4.12. The van der Waals surface area contributed by atoms with Gasteiger partial charge in [0, 0.05) is 11.9 Å². The molecule has 0 aliphatic heterocycles. The number of nitrogens with one attached hydrogen (secondary N) is 2. The van der Waals surface area contributed by atoms with Crippen LogP contribution in [0.1, 0.15) is 5.56 Å². The fourth-order valence-corrected chi connectivity index (χ4v) is 2.73. The van der Waals surface area contributed by atoms with Crippen LogP contribution >= 0.6 is 0 Å². The third-order valence-corrected chi connectivity index (χ3v) is 4.12. The molecule has 0 fully saturated rings. The van der Waals surface area contributed by atoms with Gasteiger partial charge in [-0.2, -0.15) is 0 Å². The summed E-state index contributed by atoms with van der Waals surface area (Å²) in [6.07, 6.45) is 7.89. The average molecular weight is 371 g/mol. The normalized spacial score (nSPS) is 10.6. The fourth-order valence-electron chi connectivity index (χ4n) is 2.73. The maximum atomic E-state index is 11.6. The molecule has 0 unspecified atom stereocenters. The van der Waals surface area contributed by atoms with Crippen LogP contribution in [0.25, 0.3) is 16.9 Å². The van der Waals surface area contributed by atoms with E-state index in [1.54, 1.807) is 31.0 Å². The Morgan fingerprint density at radius 3 is 2.93 bits per heavy atom. The molecule has 0 saturated heterocycles. The zero-order valence-corrected chi connectivity index (χ0v) is 15.1. The van der Waals surface area contributed by atoms with Gasteiger partial charge < -0.3 is 10.6 Å². The molecule has 0 atom stereocenters. The molecule has 0 radical (unpaired) electrons. The summed E-state index contributed by atoms with van der Waals surface area (Å²) in [6, 6.07) is 9.29. The van der Waals surface area contributed by atoms with E-state index < -0.39 is 0 Å². The van der Waals surface area contributed by atoms with Crippen molar-refractivity contribution in [2.75, 3.05) is 10.6 Å². The smallest absolute Gasteiger partial charge is 0.247 e. The van der Waals surface area contributed by atoms with E-state index in [2.05, 4.69) is 37.1 Å². The van der Waals surface area contributed by atoms with Crippen molar-refractivity contribution in [3.8, 4) is 5.82 Å². The first-order valence-corrected chi connectivity index (χ1v) is 8.55. The molecule has 3 heterocycles. The zero-order chi connectivity index (χ0) is 19.5. The van der Waals surface area contributed by atoms with Crippen LogP contribution in [-0.4, -0.2) is 30.4 Å². The Hall–Kier alpha value is -4.07. The zero-order valence-electron chi connectivity index (χ0n) is 15.1. The molecule has 1 aromatic carbocycles. The Morgan fingerprint density at radius 1 is 1.21 bits per heavy atom. The van der Waals surface area contributed by atoms with Gasteiger partial charge in [0.15, 0.2) is 11.6 Å². The highest BCUT2D eigenvalue weighted by Gasteiger charge is 2.09. The Kier molecular flexibility index (Phi) is 4.51. The number of imidazole rings is 1. The number of pyridine rings is 1.